The van der Waals surface area contributed by atoms with Crippen LogP contribution in [0.25, 0.3) is 11.3 Å². The third-order valence-corrected chi connectivity index (χ3v) is 4.26. The van der Waals surface area contributed by atoms with Gasteiger partial charge in [0, 0.05) is 24.4 Å². The number of carbonyl (C=O) groups excluding carboxylic acids is 2. The molecule has 1 saturated carbocycles. The number of aromatic nitrogens is 1. The van der Waals surface area contributed by atoms with Crippen LogP contribution in [0.5, 0.6) is 0 Å². The molecule has 0 radical (unpaired) electrons. The van der Waals surface area contributed by atoms with Gasteiger partial charge < -0.3 is 9.84 Å². The molecular formula is C16H12ClF3N2O3. The number of rotatable bonds is 3. The van der Waals surface area contributed by atoms with Crippen LogP contribution in [0.15, 0.2) is 28.8 Å². The molecule has 1 aliphatic carbocycles. The molecule has 0 spiro atoms. The van der Waals surface area contributed by atoms with E-state index in [1.165, 1.54) is 12.1 Å². The second-order valence-corrected chi connectivity index (χ2v) is 6.08. The van der Waals surface area contributed by atoms with Crippen molar-refractivity contribution in [3.63, 3.8) is 0 Å². The van der Waals surface area contributed by atoms with Gasteiger partial charge in [-0.25, -0.2) is 0 Å². The summed E-state index contributed by atoms with van der Waals surface area (Å²) < 4.78 is 42.8. The Kier molecular flexibility index (Phi) is 4.55. The third kappa shape index (κ3) is 3.68. The lowest BCUT2D eigenvalue weighted by atomic mass is 10.1. The summed E-state index contributed by atoms with van der Waals surface area (Å²) in [5.41, 5.74) is -0.715. The quantitative estimate of drug-likeness (QED) is 0.887. The third-order valence-electron chi connectivity index (χ3n) is 3.91. The van der Waals surface area contributed by atoms with Gasteiger partial charge in [-0.3, -0.25) is 9.59 Å². The summed E-state index contributed by atoms with van der Waals surface area (Å²) in [6.07, 6.45) is -3.24. The fourth-order valence-corrected chi connectivity index (χ4v) is 2.87. The topological polar surface area (TPSA) is 72.2 Å². The number of hydrogen-bond donors (Lipinski definition) is 1. The van der Waals surface area contributed by atoms with Crippen molar-refractivity contribution >= 4 is 23.3 Å². The Hall–Kier alpha value is -2.35. The monoisotopic (exact) mass is 372 g/mol. The second kappa shape index (κ2) is 6.51. The molecule has 25 heavy (non-hydrogen) atoms. The van der Waals surface area contributed by atoms with Gasteiger partial charge in [-0.05, 0) is 18.6 Å². The van der Waals surface area contributed by atoms with Gasteiger partial charge in [0.15, 0.2) is 11.5 Å². The van der Waals surface area contributed by atoms with Crippen LogP contribution in [0, 0.1) is 0 Å². The summed E-state index contributed by atoms with van der Waals surface area (Å²) in [6.45, 7) is 0. The van der Waals surface area contributed by atoms with Crippen LogP contribution >= 0.6 is 11.6 Å². The predicted octanol–water partition coefficient (Wildman–Crippen LogP) is 3.87. The van der Waals surface area contributed by atoms with E-state index >= 15 is 0 Å². The Morgan fingerprint density at radius 2 is 1.96 bits per heavy atom. The molecule has 1 N–H and O–H groups in total. The number of nitrogens with zero attached hydrogens (tertiary/aromatic N) is 1. The van der Waals surface area contributed by atoms with Crippen molar-refractivity contribution in [3.8, 4) is 11.3 Å². The molecule has 1 amide bonds. The number of carbonyl (C=O) groups is 2. The molecule has 0 aliphatic heterocycles. The number of benzene rings is 1. The normalized spacial score (nSPS) is 17.8. The standard InChI is InChI=1S/C16H12ClF3N2O3/c17-12-13(15(24)21-10-5-6-11(23)7-10)22-25-14(12)8-1-3-9(4-2-8)16(18,19)20/h1-4,10H,5-7H2,(H,21,24)/t10-/m1/s1. The largest absolute Gasteiger partial charge is 0.416 e. The zero-order valence-corrected chi connectivity index (χ0v) is 13.4. The van der Waals surface area contributed by atoms with E-state index in [0.29, 0.717) is 12.8 Å². The first-order chi connectivity index (χ1) is 11.8. The van der Waals surface area contributed by atoms with Gasteiger partial charge in [-0.1, -0.05) is 28.9 Å². The van der Waals surface area contributed by atoms with Crippen LogP contribution < -0.4 is 5.32 Å². The van der Waals surface area contributed by atoms with Gasteiger partial charge >= 0.3 is 6.18 Å². The first kappa shape index (κ1) is 17.5. The molecule has 1 aromatic heterocycles. The van der Waals surface area contributed by atoms with E-state index in [9.17, 15) is 22.8 Å². The Bertz CT molecular complexity index is 815. The number of Topliss-reactive ketones (excluding diaryl/α,β-unsaturated/α-hetero) is 1. The maximum absolute atomic E-state index is 12.6. The Morgan fingerprint density at radius 3 is 2.52 bits per heavy atom. The molecule has 132 valence electrons. The molecule has 2 aromatic rings. The van der Waals surface area contributed by atoms with Crippen LogP contribution in [0.3, 0.4) is 0 Å². The van der Waals surface area contributed by atoms with Crippen LogP contribution in [0.4, 0.5) is 13.2 Å². The highest BCUT2D eigenvalue weighted by atomic mass is 35.5. The SMILES string of the molecule is O=C1CC[C@@H](NC(=O)c2noc(-c3ccc(C(F)(F)F)cc3)c2Cl)C1. The van der Waals surface area contributed by atoms with Crippen LogP contribution in [0.1, 0.15) is 35.3 Å². The minimum absolute atomic E-state index is 0.00281. The maximum atomic E-state index is 12.6. The Labute approximate surface area is 145 Å². The van der Waals surface area contributed by atoms with Crippen molar-refractivity contribution in [1.29, 1.82) is 0 Å². The van der Waals surface area contributed by atoms with E-state index in [-0.39, 0.29) is 40.3 Å². The highest BCUT2D eigenvalue weighted by Gasteiger charge is 2.31. The maximum Gasteiger partial charge on any atom is 0.416 e. The van der Waals surface area contributed by atoms with Gasteiger partial charge in [0.2, 0.25) is 0 Å². The van der Waals surface area contributed by atoms with E-state index in [1.54, 1.807) is 0 Å². The number of halogens is 4. The average Bonchev–Trinajstić information content (AvgIpc) is 3.12. The molecule has 9 heteroatoms. The Morgan fingerprint density at radius 1 is 1.28 bits per heavy atom. The molecular weight excluding hydrogens is 361 g/mol. The number of nitrogens with one attached hydrogen (secondary N) is 1. The van der Waals surface area contributed by atoms with Gasteiger partial charge in [0.25, 0.3) is 5.91 Å². The number of hydrogen-bond acceptors (Lipinski definition) is 4. The van der Waals surface area contributed by atoms with Crippen LogP contribution in [-0.4, -0.2) is 22.9 Å². The van der Waals surface area contributed by atoms with Gasteiger partial charge in [0.05, 0.1) is 5.56 Å². The summed E-state index contributed by atoms with van der Waals surface area (Å²) in [5, 5.41) is 6.15. The summed E-state index contributed by atoms with van der Waals surface area (Å²) >= 11 is 6.09. The summed E-state index contributed by atoms with van der Waals surface area (Å²) in [6, 6.07) is 3.87. The predicted molar refractivity (Wildman–Crippen MR) is 82.1 cm³/mol. The first-order valence-corrected chi connectivity index (χ1v) is 7.79. The molecule has 1 aromatic carbocycles. The van der Waals surface area contributed by atoms with Gasteiger partial charge in [-0.2, -0.15) is 13.2 Å². The average molecular weight is 373 g/mol. The van der Waals surface area contributed by atoms with E-state index < -0.39 is 17.6 Å². The van der Waals surface area contributed by atoms with E-state index in [2.05, 4.69) is 10.5 Å². The zero-order chi connectivity index (χ0) is 18.2. The minimum atomic E-state index is -4.45. The highest BCUT2D eigenvalue weighted by Crippen LogP contribution is 2.34. The molecule has 1 atom stereocenters. The number of ketones is 1. The fraction of sp³-hybridized carbons (Fsp3) is 0.312. The summed E-state index contributed by atoms with van der Waals surface area (Å²) in [5.74, 6) is -0.517. The van der Waals surface area contributed by atoms with E-state index in [1.807, 2.05) is 0 Å². The van der Waals surface area contributed by atoms with Gasteiger partial charge in [0.1, 0.15) is 10.8 Å². The molecule has 3 rings (SSSR count). The smallest absolute Gasteiger partial charge is 0.354 e. The van der Waals surface area contributed by atoms with Crippen LogP contribution in [-0.2, 0) is 11.0 Å². The fourth-order valence-electron chi connectivity index (χ4n) is 2.60. The van der Waals surface area contributed by atoms with Crippen molar-refractivity contribution < 1.29 is 27.3 Å². The van der Waals surface area contributed by atoms with Gasteiger partial charge in [-0.15, -0.1) is 0 Å². The van der Waals surface area contributed by atoms with Crippen molar-refractivity contribution in [2.45, 2.75) is 31.5 Å². The first-order valence-electron chi connectivity index (χ1n) is 7.41. The van der Waals surface area contributed by atoms with Crippen molar-refractivity contribution in [2.75, 3.05) is 0 Å². The molecule has 1 fully saturated rings. The molecule has 1 heterocycles. The van der Waals surface area contributed by atoms with Crippen LogP contribution in [0.2, 0.25) is 5.02 Å². The summed E-state index contributed by atoms with van der Waals surface area (Å²) in [7, 11) is 0. The lowest BCUT2D eigenvalue weighted by Crippen LogP contribution is -2.33. The zero-order valence-electron chi connectivity index (χ0n) is 12.7. The number of alkyl halides is 3. The molecule has 1 aliphatic rings. The molecule has 5 nitrogen and oxygen atoms in total. The molecule has 0 bridgehead atoms. The Balaban J connectivity index is 1.79. The minimum Gasteiger partial charge on any atom is -0.354 e. The lowest BCUT2D eigenvalue weighted by Gasteiger charge is -2.09. The van der Waals surface area contributed by atoms with Crippen molar-refractivity contribution in [2.24, 2.45) is 0 Å². The number of amides is 1. The highest BCUT2D eigenvalue weighted by molar-refractivity contribution is 6.35. The van der Waals surface area contributed by atoms with E-state index in [4.69, 9.17) is 16.1 Å². The second-order valence-electron chi connectivity index (χ2n) is 5.70. The van der Waals surface area contributed by atoms with E-state index in [0.717, 1.165) is 12.1 Å². The molecule has 0 unspecified atom stereocenters. The lowest BCUT2D eigenvalue weighted by molar-refractivity contribution is -0.137. The van der Waals surface area contributed by atoms with Crippen molar-refractivity contribution in [1.82, 2.24) is 10.5 Å². The molecule has 0 saturated heterocycles. The van der Waals surface area contributed by atoms with Crippen molar-refractivity contribution in [3.05, 3.63) is 40.5 Å². The summed E-state index contributed by atoms with van der Waals surface area (Å²) in [4.78, 5) is 23.4.